The quantitative estimate of drug-likeness (QED) is 0.885. The summed E-state index contributed by atoms with van der Waals surface area (Å²) in [4.78, 5) is 4.31. The van der Waals surface area contributed by atoms with Gasteiger partial charge >= 0.3 is 0 Å². The van der Waals surface area contributed by atoms with E-state index in [4.69, 9.17) is 9.26 Å². The Kier molecular flexibility index (Phi) is 4.45. The molecule has 1 saturated heterocycles. The van der Waals surface area contributed by atoms with Gasteiger partial charge in [0.1, 0.15) is 11.6 Å². The SMILES string of the molecule is Fc1ccc(OCc2noc(CCC3CCNC3)n2)cc1. The molecule has 0 aliphatic carbocycles. The molecule has 3 rings (SSSR count). The minimum absolute atomic E-state index is 0.222. The van der Waals surface area contributed by atoms with Crippen molar-refractivity contribution >= 4 is 0 Å². The molecule has 0 bridgehead atoms. The standard InChI is InChI=1S/C15H18FN3O2/c16-12-2-4-13(5-3-12)20-10-14-18-15(21-19-14)6-1-11-7-8-17-9-11/h2-5,11,17H,1,6-10H2. The van der Waals surface area contributed by atoms with Crippen LogP contribution in [0, 0.1) is 11.7 Å². The lowest BCUT2D eigenvalue weighted by Crippen LogP contribution is -2.09. The van der Waals surface area contributed by atoms with Crippen molar-refractivity contribution in [2.75, 3.05) is 13.1 Å². The molecule has 1 aromatic heterocycles. The van der Waals surface area contributed by atoms with Crippen LogP contribution >= 0.6 is 0 Å². The summed E-state index contributed by atoms with van der Waals surface area (Å²) < 4.78 is 23.5. The highest BCUT2D eigenvalue weighted by Gasteiger charge is 2.16. The second-order valence-corrected chi connectivity index (χ2v) is 5.24. The second-order valence-electron chi connectivity index (χ2n) is 5.24. The number of hydrogen-bond acceptors (Lipinski definition) is 5. The van der Waals surface area contributed by atoms with Crippen LogP contribution in [0.3, 0.4) is 0 Å². The number of nitrogens with zero attached hydrogens (tertiary/aromatic N) is 2. The zero-order valence-corrected chi connectivity index (χ0v) is 11.7. The maximum Gasteiger partial charge on any atom is 0.226 e. The molecule has 0 saturated carbocycles. The highest BCUT2D eigenvalue weighted by atomic mass is 19.1. The summed E-state index contributed by atoms with van der Waals surface area (Å²) in [6, 6.07) is 5.85. The fourth-order valence-corrected chi connectivity index (χ4v) is 2.42. The predicted octanol–water partition coefficient (Wildman–Crippen LogP) is 2.33. The van der Waals surface area contributed by atoms with Gasteiger partial charge in [-0.25, -0.2) is 4.39 Å². The molecule has 1 atom stereocenters. The summed E-state index contributed by atoms with van der Waals surface area (Å²) in [7, 11) is 0. The van der Waals surface area contributed by atoms with Crippen LogP contribution < -0.4 is 10.1 Å². The topological polar surface area (TPSA) is 60.2 Å². The van der Waals surface area contributed by atoms with Crippen molar-refractivity contribution < 1.29 is 13.7 Å². The highest BCUT2D eigenvalue weighted by Crippen LogP contribution is 2.16. The predicted molar refractivity (Wildman–Crippen MR) is 74.3 cm³/mol. The number of ether oxygens (including phenoxy) is 1. The third kappa shape index (κ3) is 4.01. The molecule has 6 heteroatoms. The largest absolute Gasteiger partial charge is 0.485 e. The van der Waals surface area contributed by atoms with E-state index >= 15 is 0 Å². The molecule has 2 heterocycles. The molecule has 5 nitrogen and oxygen atoms in total. The first-order chi connectivity index (χ1) is 10.3. The Morgan fingerprint density at radius 2 is 2.19 bits per heavy atom. The molecule has 1 aliphatic rings. The fraction of sp³-hybridized carbons (Fsp3) is 0.467. The summed E-state index contributed by atoms with van der Waals surface area (Å²) >= 11 is 0. The van der Waals surface area contributed by atoms with Gasteiger partial charge in [-0.15, -0.1) is 0 Å². The molecule has 1 unspecified atom stereocenters. The van der Waals surface area contributed by atoms with Gasteiger partial charge in [0.05, 0.1) is 0 Å². The lowest BCUT2D eigenvalue weighted by molar-refractivity contribution is 0.284. The van der Waals surface area contributed by atoms with E-state index in [1.54, 1.807) is 12.1 Å². The molecule has 0 spiro atoms. The maximum atomic E-state index is 12.8. The van der Waals surface area contributed by atoms with Crippen LogP contribution in [0.4, 0.5) is 4.39 Å². The van der Waals surface area contributed by atoms with Crippen molar-refractivity contribution in [3.8, 4) is 5.75 Å². The summed E-state index contributed by atoms with van der Waals surface area (Å²) in [5, 5.41) is 7.24. The van der Waals surface area contributed by atoms with E-state index in [-0.39, 0.29) is 12.4 Å². The van der Waals surface area contributed by atoms with Crippen LogP contribution in [0.25, 0.3) is 0 Å². The molecule has 1 aliphatic heterocycles. The fourth-order valence-electron chi connectivity index (χ4n) is 2.42. The molecule has 2 aromatic rings. The Labute approximate surface area is 122 Å². The molecular formula is C15H18FN3O2. The zero-order valence-electron chi connectivity index (χ0n) is 11.7. The van der Waals surface area contributed by atoms with Gasteiger partial charge in [-0.3, -0.25) is 0 Å². The molecule has 0 radical (unpaired) electrons. The first-order valence-electron chi connectivity index (χ1n) is 7.20. The van der Waals surface area contributed by atoms with Crippen LogP contribution in [0.1, 0.15) is 24.6 Å². The Hall–Kier alpha value is -1.95. The van der Waals surface area contributed by atoms with Crippen LogP contribution in [-0.4, -0.2) is 23.2 Å². The number of rotatable bonds is 6. The third-order valence-corrected chi connectivity index (χ3v) is 3.62. The average molecular weight is 291 g/mol. The molecular weight excluding hydrogens is 273 g/mol. The van der Waals surface area contributed by atoms with Crippen LogP contribution in [0.2, 0.25) is 0 Å². The summed E-state index contributed by atoms with van der Waals surface area (Å²) in [6.07, 6.45) is 3.08. The molecule has 1 fully saturated rings. The number of benzene rings is 1. The first kappa shape index (κ1) is 14.0. The number of nitrogens with one attached hydrogen (secondary N) is 1. The van der Waals surface area contributed by atoms with Gasteiger partial charge in [0, 0.05) is 6.42 Å². The second kappa shape index (κ2) is 6.67. The highest BCUT2D eigenvalue weighted by molar-refractivity contribution is 5.22. The Bertz CT molecular complexity index is 565. The van der Waals surface area contributed by atoms with E-state index in [1.165, 1.54) is 18.6 Å². The van der Waals surface area contributed by atoms with E-state index in [2.05, 4.69) is 15.5 Å². The first-order valence-corrected chi connectivity index (χ1v) is 7.20. The van der Waals surface area contributed by atoms with Crippen LogP contribution in [0.5, 0.6) is 5.75 Å². The van der Waals surface area contributed by atoms with Crippen molar-refractivity contribution in [2.24, 2.45) is 5.92 Å². The molecule has 112 valence electrons. The van der Waals surface area contributed by atoms with Gasteiger partial charge in [0.2, 0.25) is 11.7 Å². The minimum Gasteiger partial charge on any atom is -0.485 e. The van der Waals surface area contributed by atoms with Crippen molar-refractivity contribution in [1.82, 2.24) is 15.5 Å². The Morgan fingerprint density at radius 3 is 2.95 bits per heavy atom. The zero-order chi connectivity index (χ0) is 14.5. The normalized spacial score (nSPS) is 18.0. The number of aryl methyl sites for hydroxylation is 1. The van der Waals surface area contributed by atoms with Crippen LogP contribution in [0.15, 0.2) is 28.8 Å². The van der Waals surface area contributed by atoms with Crippen LogP contribution in [-0.2, 0) is 13.0 Å². The number of hydrogen-bond donors (Lipinski definition) is 1. The van der Waals surface area contributed by atoms with Crippen molar-refractivity contribution in [3.05, 3.63) is 41.8 Å². The van der Waals surface area contributed by atoms with Gasteiger partial charge < -0.3 is 14.6 Å². The summed E-state index contributed by atoms with van der Waals surface area (Å²) in [6.45, 7) is 2.40. The van der Waals surface area contributed by atoms with Gasteiger partial charge in [-0.1, -0.05) is 5.16 Å². The summed E-state index contributed by atoms with van der Waals surface area (Å²) in [5.74, 6) is 2.17. The average Bonchev–Trinajstić information content (AvgIpc) is 3.16. The minimum atomic E-state index is -0.286. The molecule has 1 N–H and O–H groups in total. The number of halogens is 1. The Balaban J connectivity index is 1.46. The lowest BCUT2D eigenvalue weighted by atomic mass is 10.0. The van der Waals surface area contributed by atoms with Gasteiger partial charge in [-0.05, 0) is 56.1 Å². The van der Waals surface area contributed by atoms with Gasteiger partial charge in [-0.2, -0.15) is 4.98 Å². The molecule has 1 aromatic carbocycles. The van der Waals surface area contributed by atoms with E-state index < -0.39 is 0 Å². The van der Waals surface area contributed by atoms with Crippen molar-refractivity contribution in [2.45, 2.75) is 25.9 Å². The monoisotopic (exact) mass is 291 g/mol. The van der Waals surface area contributed by atoms with E-state index in [0.29, 0.717) is 23.4 Å². The third-order valence-electron chi connectivity index (χ3n) is 3.62. The molecule has 0 amide bonds. The molecule has 21 heavy (non-hydrogen) atoms. The van der Waals surface area contributed by atoms with E-state index in [9.17, 15) is 4.39 Å². The van der Waals surface area contributed by atoms with Crippen molar-refractivity contribution in [1.29, 1.82) is 0 Å². The summed E-state index contributed by atoms with van der Waals surface area (Å²) in [5.41, 5.74) is 0. The van der Waals surface area contributed by atoms with E-state index in [1.807, 2.05) is 0 Å². The lowest BCUT2D eigenvalue weighted by Gasteiger charge is -2.04. The smallest absolute Gasteiger partial charge is 0.226 e. The van der Waals surface area contributed by atoms with Gasteiger partial charge in [0.15, 0.2) is 6.61 Å². The van der Waals surface area contributed by atoms with Gasteiger partial charge in [0.25, 0.3) is 0 Å². The number of aromatic nitrogens is 2. The van der Waals surface area contributed by atoms with E-state index in [0.717, 1.165) is 25.9 Å². The Morgan fingerprint density at radius 1 is 1.33 bits per heavy atom. The maximum absolute atomic E-state index is 12.8. The van der Waals surface area contributed by atoms with Crippen molar-refractivity contribution in [3.63, 3.8) is 0 Å².